The summed E-state index contributed by atoms with van der Waals surface area (Å²) in [6.07, 6.45) is 0.956. The summed E-state index contributed by atoms with van der Waals surface area (Å²) < 4.78 is 4.97. The van der Waals surface area contributed by atoms with Crippen LogP contribution in [0.2, 0.25) is 0 Å². The Morgan fingerprint density at radius 3 is 2.22 bits per heavy atom. The highest BCUT2D eigenvalue weighted by atomic mass is 16.5. The van der Waals surface area contributed by atoms with E-state index in [0.717, 1.165) is 6.42 Å². The number of nitrogens with two attached hydrogens (primary N) is 1. The molecule has 0 heterocycles. The Hall–Kier alpha value is -0.120. The zero-order valence-electron chi connectivity index (χ0n) is 6.35. The molecule has 3 heteroatoms. The van der Waals surface area contributed by atoms with E-state index in [1.165, 1.54) is 0 Å². The number of hydrogen-bond donors (Lipinski definition) is 2. The third-order valence-electron chi connectivity index (χ3n) is 1.16. The van der Waals surface area contributed by atoms with Crippen LogP contribution in [0.1, 0.15) is 20.3 Å². The molecule has 3 nitrogen and oxygen atoms in total. The first kappa shape index (κ1) is 8.88. The van der Waals surface area contributed by atoms with Gasteiger partial charge in [-0.3, -0.25) is 5.84 Å². The Morgan fingerprint density at radius 1 is 1.56 bits per heavy atom. The normalized spacial score (nSPS) is 14.3. The lowest BCUT2D eigenvalue weighted by atomic mass is 10.1. The summed E-state index contributed by atoms with van der Waals surface area (Å²) in [5, 5.41) is 0. The fourth-order valence-corrected chi connectivity index (χ4v) is 0.660. The van der Waals surface area contributed by atoms with Gasteiger partial charge in [0.2, 0.25) is 0 Å². The van der Waals surface area contributed by atoms with Crippen molar-refractivity contribution in [3.8, 4) is 0 Å². The predicted octanol–water partition coefficient (Wildman–Crippen LogP) is 0.468. The molecular weight excluding hydrogens is 116 g/mol. The molecule has 0 radical (unpaired) electrons. The van der Waals surface area contributed by atoms with Crippen molar-refractivity contribution in [2.45, 2.75) is 26.5 Å². The summed E-state index contributed by atoms with van der Waals surface area (Å²) in [4.78, 5) is 0. The third-order valence-corrected chi connectivity index (χ3v) is 1.16. The van der Waals surface area contributed by atoms with Crippen molar-refractivity contribution in [3.05, 3.63) is 0 Å². The maximum Gasteiger partial charge on any atom is 0.120 e. The maximum absolute atomic E-state index is 5.16. The summed E-state index contributed by atoms with van der Waals surface area (Å²) in [6.45, 7) is 4.26. The molecule has 0 aliphatic heterocycles. The van der Waals surface area contributed by atoms with E-state index in [0.29, 0.717) is 5.92 Å². The molecule has 1 atom stereocenters. The molecule has 0 aromatic carbocycles. The van der Waals surface area contributed by atoms with Crippen LogP contribution in [0.5, 0.6) is 0 Å². The molecule has 0 amide bonds. The van der Waals surface area contributed by atoms with Crippen molar-refractivity contribution in [2.24, 2.45) is 11.8 Å². The minimum Gasteiger partial charge on any atom is -0.365 e. The Labute approximate surface area is 56.5 Å². The van der Waals surface area contributed by atoms with Crippen LogP contribution >= 0.6 is 0 Å². The van der Waals surface area contributed by atoms with Crippen molar-refractivity contribution >= 4 is 0 Å². The Kier molecular flexibility index (Phi) is 4.67. The lowest BCUT2D eigenvalue weighted by molar-refractivity contribution is 0.0571. The molecule has 0 rings (SSSR count). The minimum atomic E-state index is 0.00463. The Bertz CT molecular complexity index is 62.1. The van der Waals surface area contributed by atoms with E-state index >= 15 is 0 Å². The number of hydrogen-bond acceptors (Lipinski definition) is 3. The smallest absolute Gasteiger partial charge is 0.120 e. The minimum absolute atomic E-state index is 0.00463. The monoisotopic (exact) mass is 132 g/mol. The highest BCUT2D eigenvalue weighted by Gasteiger charge is 2.05. The maximum atomic E-state index is 5.16. The van der Waals surface area contributed by atoms with Gasteiger partial charge in [-0.1, -0.05) is 13.8 Å². The highest BCUT2D eigenvalue weighted by molar-refractivity contribution is 4.52. The van der Waals surface area contributed by atoms with E-state index in [1.54, 1.807) is 7.11 Å². The predicted molar refractivity (Wildman–Crippen MR) is 37.6 cm³/mol. The molecule has 1 unspecified atom stereocenters. The second-order valence-corrected chi connectivity index (χ2v) is 2.52. The summed E-state index contributed by atoms with van der Waals surface area (Å²) in [5.74, 6) is 5.77. The number of methoxy groups -OCH3 is 1. The lowest BCUT2D eigenvalue weighted by Gasteiger charge is -2.15. The molecule has 0 spiro atoms. The van der Waals surface area contributed by atoms with Crippen LogP contribution in [-0.4, -0.2) is 13.3 Å². The van der Waals surface area contributed by atoms with Crippen LogP contribution in [0.4, 0.5) is 0 Å². The molecule has 3 N–H and O–H groups in total. The van der Waals surface area contributed by atoms with Crippen LogP contribution < -0.4 is 11.3 Å². The second kappa shape index (κ2) is 4.73. The molecule has 56 valence electrons. The number of hydrazine groups is 1. The van der Waals surface area contributed by atoms with Gasteiger partial charge in [-0.25, -0.2) is 5.43 Å². The van der Waals surface area contributed by atoms with Gasteiger partial charge in [0.15, 0.2) is 0 Å². The van der Waals surface area contributed by atoms with Gasteiger partial charge < -0.3 is 4.74 Å². The number of nitrogens with one attached hydrogen (secondary N) is 1. The first-order chi connectivity index (χ1) is 4.20. The average Bonchev–Trinajstić information content (AvgIpc) is 1.82. The second-order valence-electron chi connectivity index (χ2n) is 2.52. The fourth-order valence-electron chi connectivity index (χ4n) is 0.660. The molecule has 9 heavy (non-hydrogen) atoms. The molecule has 0 fully saturated rings. The topological polar surface area (TPSA) is 47.3 Å². The van der Waals surface area contributed by atoms with Crippen molar-refractivity contribution in [3.63, 3.8) is 0 Å². The van der Waals surface area contributed by atoms with E-state index in [9.17, 15) is 0 Å². The van der Waals surface area contributed by atoms with Crippen LogP contribution in [0.15, 0.2) is 0 Å². The van der Waals surface area contributed by atoms with Crippen LogP contribution in [0.3, 0.4) is 0 Å². The first-order valence-corrected chi connectivity index (χ1v) is 3.19. The van der Waals surface area contributed by atoms with Gasteiger partial charge in [0.25, 0.3) is 0 Å². The van der Waals surface area contributed by atoms with Crippen molar-refractivity contribution in [2.75, 3.05) is 7.11 Å². The van der Waals surface area contributed by atoms with Gasteiger partial charge in [0, 0.05) is 7.11 Å². The van der Waals surface area contributed by atoms with E-state index in [2.05, 4.69) is 19.3 Å². The van der Waals surface area contributed by atoms with Gasteiger partial charge >= 0.3 is 0 Å². The van der Waals surface area contributed by atoms with Crippen LogP contribution in [0.25, 0.3) is 0 Å². The zero-order chi connectivity index (χ0) is 7.28. The molecule has 0 bridgehead atoms. The molecule has 0 saturated heterocycles. The van der Waals surface area contributed by atoms with Gasteiger partial charge in [-0.15, -0.1) is 0 Å². The van der Waals surface area contributed by atoms with E-state index in [1.807, 2.05) is 0 Å². The van der Waals surface area contributed by atoms with E-state index < -0.39 is 0 Å². The molecule has 0 aliphatic rings. The molecular formula is C6H16N2O. The first-order valence-electron chi connectivity index (χ1n) is 3.19. The van der Waals surface area contributed by atoms with Crippen molar-refractivity contribution in [1.29, 1.82) is 0 Å². The van der Waals surface area contributed by atoms with Crippen LogP contribution in [-0.2, 0) is 4.74 Å². The van der Waals surface area contributed by atoms with E-state index in [-0.39, 0.29) is 6.23 Å². The summed E-state index contributed by atoms with van der Waals surface area (Å²) in [5.41, 5.74) is 2.56. The standard InChI is InChI=1S/C6H16N2O/c1-5(2)4-6(8-7)9-3/h5-6,8H,4,7H2,1-3H3. The van der Waals surface area contributed by atoms with Crippen LogP contribution in [0, 0.1) is 5.92 Å². The Balaban J connectivity index is 3.31. The van der Waals surface area contributed by atoms with Gasteiger partial charge in [-0.2, -0.15) is 0 Å². The lowest BCUT2D eigenvalue weighted by Crippen LogP contribution is -2.37. The van der Waals surface area contributed by atoms with Crippen molar-refractivity contribution in [1.82, 2.24) is 5.43 Å². The molecule has 0 saturated carbocycles. The average molecular weight is 132 g/mol. The largest absolute Gasteiger partial charge is 0.365 e. The van der Waals surface area contributed by atoms with Gasteiger partial charge in [-0.05, 0) is 12.3 Å². The molecule has 0 aromatic rings. The third kappa shape index (κ3) is 4.39. The zero-order valence-corrected chi connectivity index (χ0v) is 6.35. The SMILES string of the molecule is COC(CC(C)C)NN. The van der Waals surface area contributed by atoms with Gasteiger partial charge in [0.05, 0.1) is 0 Å². The summed E-state index contributed by atoms with van der Waals surface area (Å²) in [6, 6.07) is 0. The Morgan fingerprint density at radius 2 is 2.11 bits per heavy atom. The van der Waals surface area contributed by atoms with Gasteiger partial charge in [0.1, 0.15) is 6.23 Å². The molecule has 0 aromatic heterocycles. The van der Waals surface area contributed by atoms with E-state index in [4.69, 9.17) is 10.6 Å². The quantitative estimate of drug-likeness (QED) is 0.332. The van der Waals surface area contributed by atoms with Crippen molar-refractivity contribution < 1.29 is 4.74 Å². The number of ether oxygens (including phenoxy) is 1. The molecule has 0 aliphatic carbocycles. The highest BCUT2D eigenvalue weighted by Crippen LogP contribution is 2.03. The number of rotatable bonds is 4. The summed E-state index contributed by atoms with van der Waals surface area (Å²) >= 11 is 0. The fraction of sp³-hybridized carbons (Fsp3) is 1.00. The summed E-state index contributed by atoms with van der Waals surface area (Å²) in [7, 11) is 1.65.